The maximum Gasteiger partial charge on any atom is 0.257 e. The zero-order valence-corrected chi connectivity index (χ0v) is 14.7. The first-order chi connectivity index (χ1) is 12.8. The van der Waals surface area contributed by atoms with Gasteiger partial charge in [0.15, 0.2) is 0 Å². The van der Waals surface area contributed by atoms with E-state index in [1.807, 2.05) is 4.90 Å². The van der Waals surface area contributed by atoms with Crippen molar-refractivity contribution in [1.82, 2.24) is 14.9 Å². The van der Waals surface area contributed by atoms with Gasteiger partial charge in [0.05, 0.1) is 31.2 Å². The molecule has 7 nitrogen and oxygen atoms in total. The molecule has 138 valence electrons. The number of hydrogen-bond donors (Lipinski definition) is 0. The Morgan fingerprint density at radius 3 is 2.92 bits per heavy atom. The van der Waals surface area contributed by atoms with E-state index in [-0.39, 0.29) is 11.3 Å². The van der Waals surface area contributed by atoms with E-state index in [4.69, 9.17) is 13.9 Å². The number of ether oxygens (including phenoxy) is 2. The fourth-order valence-corrected chi connectivity index (χ4v) is 4.03. The van der Waals surface area contributed by atoms with Crippen molar-refractivity contribution in [2.24, 2.45) is 11.3 Å². The second-order valence-electron chi connectivity index (χ2n) is 7.04. The number of amides is 1. The Hall–Kier alpha value is -2.41. The minimum atomic E-state index is 0.0491. The molecule has 26 heavy (non-hydrogen) atoms. The van der Waals surface area contributed by atoms with Gasteiger partial charge in [-0.25, -0.2) is 4.98 Å². The second kappa shape index (κ2) is 7.45. The summed E-state index contributed by atoms with van der Waals surface area (Å²) < 4.78 is 16.6. The number of carbonyl (C=O) groups is 1. The number of aromatic nitrogens is 2. The van der Waals surface area contributed by atoms with Gasteiger partial charge in [-0.05, 0) is 30.7 Å². The van der Waals surface area contributed by atoms with Gasteiger partial charge in [0.1, 0.15) is 6.26 Å². The van der Waals surface area contributed by atoms with Gasteiger partial charge in [-0.15, -0.1) is 0 Å². The van der Waals surface area contributed by atoms with Gasteiger partial charge >= 0.3 is 0 Å². The highest BCUT2D eigenvalue weighted by Gasteiger charge is 2.44. The lowest BCUT2D eigenvalue weighted by atomic mass is 9.66. The molecule has 1 unspecified atom stereocenters. The molecular weight excluding hydrogens is 334 g/mol. The molecule has 0 radical (unpaired) electrons. The Morgan fingerprint density at radius 2 is 2.19 bits per heavy atom. The van der Waals surface area contributed by atoms with Gasteiger partial charge in [-0.3, -0.25) is 9.78 Å². The molecule has 0 aliphatic carbocycles. The smallest absolute Gasteiger partial charge is 0.257 e. The van der Waals surface area contributed by atoms with Gasteiger partial charge in [0.25, 0.3) is 5.91 Å². The SMILES string of the molecule is O=C(c1ccoc1)N1CCC2(CCOCC2COc2cnccn2)CC1. The molecule has 1 amide bonds. The molecule has 2 saturated heterocycles. The zero-order valence-electron chi connectivity index (χ0n) is 14.7. The van der Waals surface area contributed by atoms with Crippen molar-refractivity contribution in [3.8, 4) is 5.88 Å². The molecule has 2 fully saturated rings. The van der Waals surface area contributed by atoms with E-state index in [0.29, 0.717) is 30.6 Å². The zero-order chi connectivity index (χ0) is 17.8. The number of piperidine rings is 1. The molecule has 4 rings (SSSR count). The molecule has 0 bridgehead atoms. The maximum absolute atomic E-state index is 12.5. The number of likely N-dealkylation sites (tertiary alicyclic amines) is 1. The van der Waals surface area contributed by atoms with Crippen LogP contribution in [0.2, 0.25) is 0 Å². The number of rotatable bonds is 4. The van der Waals surface area contributed by atoms with Crippen LogP contribution in [0.25, 0.3) is 0 Å². The molecule has 7 heteroatoms. The summed E-state index contributed by atoms with van der Waals surface area (Å²) in [4.78, 5) is 22.7. The third-order valence-corrected chi connectivity index (χ3v) is 5.72. The van der Waals surface area contributed by atoms with Crippen molar-refractivity contribution in [3.63, 3.8) is 0 Å². The molecule has 4 heterocycles. The largest absolute Gasteiger partial charge is 0.476 e. The summed E-state index contributed by atoms with van der Waals surface area (Å²) in [6.07, 6.45) is 10.9. The molecule has 2 aromatic rings. The number of nitrogens with zero attached hydrogens (tertiary/aromatic N) is 3. The third kappa shape index (κ3) is 3.44. The van der Waals surface area contributed by atoms with Crippen LogP contribution < -0.4 is 4.74 Å². The molecular formula is C19H23N3O4. The minimum absolute atomic E-state index is 0.0491. The summed E-state index contributed by atoms with van der Waals surface area (Å²) in [5.41, 5.74) is 0.781. The summed E-state index contributed by atoms with van der Waals surface area (Å²) >= 11 is 0. The van der Waals surface area contributed by atoms with Crippen LogP contribution in [0, 0.1) is 11.3 Å². The van der Waals surface area contributed by atoms with Crippen molar-refractivity contribution < 1.29 is 18.7 Å². The van der Waals surface area contributed by atoms with Crippen molar-refractivity contribution in [3.05, 3.63) is 42.7 Å². The number of furan rings is 1. The third-order valence-electron chi connectivity index (χ3n) is 5.72. The topological polar surface area (TPSA) is 77.7 Å². The molecule has 1 atom stereocenters. The van der Waals surface area contributed by atoms with Gasteiger partial charge in [-0.2, -0.15) is 0 Å². The summed E-state index contributed by atoms with van der Waals surface area (Å²) in [6, 6.07) is 1.72. The highest BCUT2D eigenvalue weighted by atomic mass is 16.5. The van der Waals surface area contributed by atoms with Crippen LogP contribution in [0.5, 0.6) is 5.88 Å². The lowest BCUT2D eigenvalue weighted by Gasteiger charge is -2.48. The van der Waals surface area contributed by atoms with Crippen molar-refractivity contribution in [1.29, 1.82) is 0 Å². The Bertz CT molecular complexity index is 712. The van der Waals surface area contributed by atoms with Gasteiger partial charge < -0.3 is 18.8 Å². The van der Waals surface area contributed by atoms with Crippen LogP contribution in [0.1, 0.15) is 29.6 Å². The number of carbonyl (C=O) groups excluding carboxylic acids is 1. The van der Waals surface area contributed by atoms with Crippen molar-refractivity contribution in [2.45, 2.75) is 19.3 Å². The Balaban J connectivity index is 1.39. The minimum Gasteiger partial charge on any atom is -0.476 e. The van der Waals surface area contributed by atoms with Gasteiger partial charge in [0.2, 0.25) is 5.88 Å². The molecule has 1 spiro atoms. The highest BCUT2D eigenvalue weighted by Crippen LogP contribution is 2.45. The monoisotopic (exact) mass is 357 g/mol. The highest BCUT2D eigenvalue weighted by molar-refractivity contribution is 5.93. The summed E-state index contributed by atoms with van der Waals surface area (Å²) in [7, 11) is 0. The predicted octanol–water partition coefficient (Wildman–Crippen LogP) is 2.41. The van der Waals surface area contributed by atoms with E-state index in [1.165, 1.54) is 12.5 Å². The van der Waals surface area contributed by atoms with Gasteiger partial charge in [0, 0.05) is 38.0 Å². The first kappa shape index (κ1) is 17.0. The van der Waals surface area contributed by atoms with E-state index in [2.05, 4.69) is 9.97 Å². The summed E-state index contributed by atoms with van der Waals surface area (Å²) in [6.45, 7) is 3.54. The fourth-order valence-electron chi connectivity index (χ4n) is 4.03. The van der Waals surface area contributed by atoms with E-state index in [0.717, 1.165) is 39.0 Å². The quantitative estimate of drug-likeness (QED) is 0.836. The Labute approximate surface area is 152 Å². The van der Waals surface area contributed by atoms with E-state index in [1.54, 1.807) is 24.7 Å². The molecule has 0 saturated carbocycles. The lowest BCUT2D eigenvalue weighted by molar-refractivity contribution is -0.0826. The Morgan fingerprint density at radius 1 is 1.31 bits per heavy atom. The predicted molar refractivity (Wildman–Crippen MR) is 92.7 cm³/mol. The average molecular weight is 357 g/mol. The van der Waals surface area contributed by atoms with Crippen LogP contribution in [-0.4, -0.2) is 53.7 Å². The summed E-state index contributed by atoms with van der Waals surface area (Å²) in [5, 5.41) is 0. The van der Waals surface area contributed by atoms with Gasteiger partial charge in [-0.1, -0.05) is 0 Å². The molecule has 2 aromatic heterocycles. The average Bonchev–Trinajstić information content (AvgIpc) is 3.23. The molecule has 0 N–H and O–H groups in total. The first-order valence-electron chi connectivity index (χ1n) is 9.05. The van der Waals surface area contributed by atoms with Crippen LogP contribution in [0.4, 0.5) is 0 Å². The molecule has 2 aliphatic heterocycles. The standard InChI is InChI=1S/C19H23N3O4/c23-18(15-1-9-24-12-15)22-7-2-19(3-8-22)4-10-25-13-16(19)14-26-17-11-20-5-6-21-17/h1,5-6,9,11-12,16H,2-4,7-8,10,13-14H2. The van der Waals surface area contributed by atoms with E-state index in [9.17, 15) is 4.79 Å². The summed E-state index contributed by atoms with van der Waals surface area (Å²) in [5.74, 6) is 0.887. The van der Waals surface area contributed by atoms with Crippen molar-refractivity contribution in [2.75, 3.05) is 32.9 Å². The van der Waals surface area contributed by atoms with Crippen LogP contribution in [-0.2, 0) is 4.74 Å². The van der Waals surface area contributed by atoms with E-state index >= 15 is 0 Å². The molecule has 2 aliphatic rings. The van der Waals surface area contributed by atoms with Crippen molar-refractivity contribution >= 4 is 5.91 Å². The second-order valence-corrected chi connectivity index (χ2v) is 7.04. The molecule has 0 aromatic carbocycles. The number of hydrogen-bond acceptors (Lipinski definition) is 6. The fraction of sp³-hybridized carbons (Fsp3) is 0.526. The van der Waals surface area contributed by atoms with Crippen LogP contribution >= 0.6 is 0 Å². The maximum atomic E-state index is 12.5. The normalized spacial score (nSPS) is 22.3. The first-order valence-corrected chi connectivity index (χ1v) is 9.05. The van der Waals surface area contributed by atoms with Crippen LogP contribution in [0.3, 0.4) is 0 Å². The Kier molecular flexibility index (Phi) is 4.88. The van der Waals surface area contributed by atoms with E-state index < -0.39 is 0 Å². The lowest BCUT2D eigenvalue weighted by Crippen LogP contribution is -2.50. The van der Waals surface area contributed by atoms with Crippen LogP contribution in [0.15, 0.2) is 41.6 Å².